The summed E-state index contributed by atoms with van der Waals surface area (Å²) < 4.78 is 10.8. The molecule has 2 aliphatic rings. The second-order valence-electron chi connectivity index (χ2n) is 9.91. The summed E-state index contributed by atoms with van der Waals surface area (Å²) in [5, 5.41) is 3.42. The topological polar surface area (TPSA) is 66.4 Å². The third-order valence-corrected chi connectivity index (χ3v) is 7.36. The SMILES string of the molecule is CCNC(=NCCCC(=O)N1CCc2cc(OC)c(OC)cc2C1)N1CC(C)(C)C1(C)C.I. The van der Waals surface area contributed by atoms with Crippen molar-refractivity contribution in [2.45, 2.75) is 66.0 Å². The van der Waals surface area contributed by atoms with Gasteiger partial charge < -0.3 is 24.6 Å². The van der Waals surface area contributed by atoms with Crippen LogP contribution in [0.1, 0.15) is 58.6 Å². The molecule has 0 aliphatic carbocycles. The Morgan fingerprint density at radius 2 is 1.76 bits per heavy atom. The second kappa shape index (κ2) is 11.1. The van der Waals surface area contributed by atoms with Crippen LogP contribution >= 0.6 is 24.0 Å². The minimum Gasteiger partial charge on any atom is -0.493 e. The number of hydrogen-bond acceptors (Lipinski definition) is 4. The van der Waals surface area contributed by atoms with Crippen LogP contribution in [0.2, 0.25) is 0 Å². The summed E-state index contributed by atoms with van der Waals surface area (Å²) in [5.74, 6) is 2.60. The molecule has 1 aromatic carbocycles. The molecule has 8 heteroatoms. The number of ether oxygens (including phenoxy) is 2. The number of nitrogens with one attached hydrogen (secondary N) is 1. The van der Waals surface area contributed by atoms with Gasteiger partial charge in [-0.1, -0.05) is 13.8 Å². The van der Waals surface area contributed by atoms with Crippen molar-refractivity contribution in [1.29, 1.82) is 0 Å². The fourth-order valence-corrected chi connectivity index (χ4v) is 4.46. The first-order chi connectivity index (χ1) is 15.1. The maximum Gasteiger partial charge on any atom is 0.222 e. The van der Waals surface area contributed by atoms with Crippen LogP contribution in [-0.4, -0.2) is 67.6 Å². The Balaban J connectivity index is 0.00000385. The van der Waals surface area contributed by atoms with Crippen LogP contribution in [0.4, 0.5) is 0 Å². The van der Waals surface area contributed by atoms with Gasteiger partial charge in [0, 0.05) is 50.1 Å². The number of halogens is 1. The van der Waals surface area contributed by atoms with Gasteiger partial charge in [-0.2, -0.15) is 0 Å². The van der Waals surface area contributed by atoms with Crippen LogP contribution in [0.3, 0.4) is 0 Å². The molecule has 186 valence electrons. The van der Waals surface area contributed by atoms with Crippen molar-refractivity contribution in [3.8, 4) is 11.5 Å². The van der Waals surface area contributed by atoms with E-state index in [2.05, 4.69) is 44.8 Å². The summed E-state index contributed by atoms with van der Waals surface area (Å²) in [6.07, 6.45) is 2.10. The largest absolute Gasteiger partial charge is 0.493 e. The van der Waals surface area contributed by atoms with Crippen LogP contribution in [0.5, 0.6) is 11.5 Å². The molecule has 3 rings (SSSR count). The highest BCUT2D eigenvalue weighted by atomic mass is 127. The number of methoxy groups -OCH3 is 2. The standard InChI is InChI=1S/C25H40N4O3.HI/c1-8-26-23(29-17-24(2,3)25(29,4)5)27-12-9-10-22(30)28-13-11-18-14-20(31-6)21(32-7)15-19(18)16-28;/h14-15H,8-13,16-17H2,1-7H3,(H,26,27);1H. The summed E-state index contributed by atoms with van der Waals surface area (Å²) >= 11 is 0. The highest BCUT2D eigenvalue weighted by Gasteiger charge is 2.53. The quantitative estimate of drug-likeness (QED) is 0.231. The molecule has 0 aromatic heterocycles. The van der Waals surface area contributed by atoms with E-state index >= 15 is 0 Å². The average molecular weight is 573 g/mol. The van der Waals surface area contributed by atoms with Gasteiger partial charge in [0.2, 0.25) is 5.91 Å². The Bertz CT molecular complexity index is 869. The van der Waals surface area contributed by atoms with Crippen molar-refractivity contribution in [1.82, 2.24) is 15.1 Å². The molecule has 1 aromatic rings. The van der Waals surface area contributed by atoms with Gasteiger partial charge >= 0.3 is 0 Å². The van der Waals surface area contributed by atoms with Crippen LogP contribution in [0.15, 0.2) is 17.1 Å². The highest BCUT2D eigenvalue weighted by molar-refractivity contribution is 14.0. The number of likely N-dealkylation sites (tertiary alicyclic amines) is 1. The third kappa shape index (κ3) is 5.69. The van der Waals surface area contributed by atoms with Gasteiger partial charge in [0.1, 0.15) is 0 Å². The predicted octanol–water partition coefficient (Wildman–Crippen LogP) is 4.07. The van der Waals surface area contributed by atoms with Gasteiger partial charge in [-0.3, -0.25) is 9.79 Å². The summed E-state index contributed by atoms with van der Waals surface area (Å²) in [4.78, 5) is 22.0. The molecule has 0 bridgehead atoms. The summed E-state index contributed by atoms with van der Waals surface area (Å²) in [5.41, 5.74) is 2.69. The predicted molar refractivity (Wildman–Crippen MR) is 144 cm³/mol. The lowest BCUT2D eigenvalue weighted by Crippen LogP contribution is -2.72. The van der Waals surface area contributed by atoms with E-state index in [1.54, 1.807) is 14.2 Å². The van der Waals surface area contributed by atoms with Gasteiger partial charge in [-0.05, 0) is 56.9 Å². The first kappa shape index (κ1) is 27.5. The summed E-state index contributed by atoms with van der Waals surface area (Å²) in [7, 11) is 3.29. The molecule has 0 spiro atoms. The number of carbonyl (C=O) groups excluding carboxylic acids is 1. The number of fused-ring (bicyclic) bond motifs is 1. The smallest absolute Gasteiger partial charge is 0.222 e. The van der Waals surface area contributed by atoms with E-state index in [-0.39, 0.29) is 40.8 Å². The van der Waals surface area contributed by atoms with Crippen molar-refractivity contribution in [3.05, 3.63) is 23.3 Å². The van der Waals surface area contributed by atoms with Gasteiger partial charge in [-0.15, -0.1) is 24.0 Å². The lowest BCUT2D eigenvalue weighted by Gasteiger charge is -2.62. The first-order valence-corrected chi connectivity index (χ1v) is 11.7. The van der Waals surface area contributed by atoms with E-state index in [0.29, 0.717) is 25.3 Å². The molecule has 1 amide bonds. The maximum atomic E-state index is 12.8. The van der Waals surface area contributed by atoms with E-state index < -0.39 is 0 Å². The minimum absolute atomic E-state index is 0. The molecular weight excluding hydrogens is 531 g/mol. The molecule has 33 heavy (non-hydrogen) atoms. The molecule has 0 unspecified atom stereocenters. The van der Waals surface area contributed by atoms with Gasteiger partial charge in [-0.25, -0.2) is 0 Å². The molecule has 7 nitrogen and oxygen atoms in total. The zero-order valence-corrected chi connectivity index (χ0v) is 23.6. The second-order valence-corrected chi connectivity index (χ2v) is 9.91. The van der Waals surface area contributed by atoms with E-state index in [1.165, 1.54) is 5.56 Å². The highest BCUT2D eigenvalue weighted by Crippen LogP contribution is 2.46. The minimum atomic E-state index is 0. The molecule has 1 N–H and O–H groups in total. The monoisotopic (exact) mass is 572 g/mol. The normalized spacial score (nSPS) is 18.6. The third-order valence-electron chi connectivity index (χ3n) is 7.36. The Hall–Kier alpha value is -1.71. The number of benzene rings is 1. The van der Waals surface area contributed by atoms with E-state index in [4.69, 9.17) is 14.5 Å². The van der Waals surface area contributed by atoms with Gasteiger partial charge in [0.05, 0.1) is 14.2 Å². The molecule has 1 fully saturated rings. The van der Waals surface area contributed by atoms with E-state index in [0.717, 1.165) is 49.7 Å². The van der Waals surface area contributed by atoms with E-state index in [1.807, 2.05) is 17.0 Å². The number of aliphatic imine (C=N–C) groups is 1. The molecule has 1 saturated heterocycles. The number of guanidine groups is 1. The van der Waals surface area contributed by atoms with Crippen LogP contribution in [-0.2, 0) is 17.8 Å². The van der Waals surface area contributed by atoms with Crippen molar-refractivity contribution in [2.75, 3.05) is 40.4 Å². The summed E-state index contributed by atoms with van der Waals surface area (Å²) in [6.45, 7) is 15.1. The fraction of sp³-hybridized carbons (Fsp3) is 0.680. The fourth-order valence-electron chi connectivity index (χ4n) is 4.46. The number of carbonyl (C=O) groups is 1. The molecule has 2 aliphatic heterocycles. The van der Waals surface area contributed by atoms with Crippen LogP contribution in [0, 0.1) is 5.41 Å². The molecular formula is C25H41IN4O3. The Morgan fingerprint density at radius 3 is 2.30 bits per heavy atom. The molecule has 0 saturated carbocycles. The zero-order valence-electron chi connectivity index (χ0n) is 21.3. The summed E-state index contributed by atoms with van der Waals surface area (Å²) in [6, 6.07) is 4.03. The Kier molecular flexibility index (Phi) is 9.30. The number of rotatable bonds is 7. The number of nitrogens with zero attached hydrogens (tertiary/aromatic N) is 3. The number of hydrogen-bond donors (Lipinski definition) is 1. The van der Waals surface area contributed by atoms with Crippen molar-refractivity contribution in [2.24, 2.45) is 10.4 Å². The molecule has 0 radical (unpaired) electrons. The Morgan fingerprint density at radius 1 is 1.12 bits per heavy atom. The van der Waals surface area contributed by atoms with Crippen LogP contribution < -0.4 is 14.8 Å². The Labute approximate surface area is 216 Å². The molecule has 0 atom stereocenters. The number of amides is 1. The lowest BCUT2D eigenvalue weighted by molar-refractivity contribution is -0.132. The maximum absolute atomic E-state index is 12.8. The van der Waals surface area contributed by atoms with Crippen LogP contribution in [0.25, 0.3) is 0 Å². The average Bonchev–Trinajstić information content (AvgIpc) is 2.78. The first-order valence-electron chi connectivity index (χ1n) is 11.7. The van der Waals surface area contributed by atoms with Crippen molar-refractivity contribution < 1.29 is 14.3 Å². The zero-order chi connectivity index (χ0) is 23.5. The molecule has 2 heterocycles. The van der Waals surface area contributed by atoms with Gasteiger partial charge in [0.25, 0.3) is 0 Å². The van der Waals surface area contributed by atoms with E-state index in [9.17, 15) is 4.79 Å². The van der Waals surface area contributed by atoms with Crippen molar-refractivity contribution in [3.63, 3.8) is 0 Å². The van der Waals surface area contributed by atoms with Crippen molar-refractivity contribution >= 4 is 35.8 Å². The lowest BCUT2D eigenvalue weighted by atomic mass is 9.65. The van der Waals surface area contributed by atoms with Gasteiger partial charge in [0.15, 0.2) is 17.5 Å².